The molecule has 0 aliphatic rings. The Morgan fingerprint density at radius 3 is 2.81 bits per heavy atom. The molecule has 0 fully saturated rings. The number of halogens is 1. The summed E-state index contributed by atoms with van der Waals surface area (Å²) in [7, 11) is 1.85. The van der Waals surface area contributed by atoms with Crippen molar-refractivity contribution >= 4 is 33.2 Å². The maximum Gasteiger partial charge on any atom is 0.223 e. The van der Waals surface area contributed by atoms with E-state index >= 15 is 0 Å². The van der Waals surface area contributed by atoms with Crippen molar-refractivity contribution in [1.82, 2.24) is 10.2 Å². The second-order valence-electron chi connectivity index (χ2n) is 4.85. The predicted octanol–water partition coefficient (Wildman–Crippen LogP) is 3.65. The molecule has 0 radical (unpaired) electrons. The lowest BCUT2D eigenvalue weighted by Crippen LogP contribution is -2.29. The van der Waals surface area contributed by atoms with Gasteiger partial charge >= 0.3 is 0 Å². The molecule has 0 spiro atoms. The van der Waals surface area contributed by atoms with Crippen molar-refractivity contribution < 1.29 is 4.79 Å². The number of nitrogens with one attached hydrogen (secondary N) is 1. The summed E-state index contributed by atoms with van der Waals surface area (Å²) in [6.45, 7) is 2.17. The van der Waals surface area contributed by atoms with Gasteiger partial charge in [0.15, 0.2) is 0 Å². The summed E-state index contributed by atoms with van der Waals surface area (Å²) in [5.41, 5.74) is 1.12. The van der Waals surface area contributed by atoms with Gasteiger partial charge in [0.1, 0.15) is 0 Å². The van der Waals surface area contributed by atoms with Crippen LogP contribution in [0.4, 0.5) is 0 Å². The summed E-state index contributed by atoms with van der Waals surface area (Å²) >= 11 is 5.24. The maximum atomic E-state index is 12.1. The Kier molecular flexibility index (Phi) is 6.42. The van der Waals surface area contributed by atoms with E-state index in [1.807, 2.05) is 37.4 Å². The molecule has 0 unspecified atom stereocenters. The van der Waals surface area contributed by atoms with E-state index in [0.717, 1.165) is 16.6 Å². The van der Waals surface area contributed by atoms with Gasteiger partial charge in [-0.15, -0.1) is 11.3 Å². The normalized spacial score (nSPS) is 10.6. The average molecular weight is 367 g/mol. The van der Waals surface area contributed by atoms with Crippen LogP contribution in [0.2, 0.25) is 0 Å². The number of hydrogen-bond donors (Lipinski definition) is 1. The molecule has 0 aliphatic heterocycles. The number of hydrogen-bond acceptors (Lipinski definition) is 3. The van der Waals surface area contributed by atoms with Gasteiger partial charge in [-0.2, -0.15) is 0 Å². The monoisotopic (exact) mass is 366 g/mol. The van der Waals surface area contributed by atoms with Gasteiger partial charge in [-0.25, -0.2) is 0 Å². The first-order valence-corrected chi connectivity index (χ1v) is 8.54. The third-order valence-electron chi connectivity index (χ3n) is 3.19. The average Bonchev–Trinajstić information content (AvgIpc) is 2.99. The lowest BCUT2D eigenvalue weighted by Gasteiger charge is -2.18. The molecule has 0 bridgehead atoms. The molecular weight excluding hydrogens is 348 g/mol. The molecule has 2 rings (SSSR count). The number of nitrogens with zero attached hydrogens (tertiary/aromatic N) is 1. The van der Waals surface area contributed by atoms with Crippen molar-refractivity contribution in [3.05, 3.63) is 56.7 Å². The summed E-state index contributed by atoms with van der Waals surface area (Å²) in [4.78, 5) is 15.2. The number of amides is 1. The lowest BCUT2D eigenvalue weighted by atomic mass is 10.2. The maximum absolute atomic E-state index is 12.1. The lowest BCUT2D eigenvalue weighted by molar-refractivity contribution is -0.130. The van der Waals surface area contributed by atoms with E-state index in [1.54, 1.807) is 16.2 Å². The Hall–Kier alpha value is -1.17. The Morgan fingerprint density at radius 1 is 1.29 bits per heavy atom. The molecule has 21 heavy (non-hydrogen) atoms. The summed E-state index contributed by atoms with van der Waals surface area (Å²) < 4.78 is 1.04. The van der Waals surface area contributed by atoms with Crippen LogP contribution in [-0.2, 0) is 17.9 Å². The van der Waals surface area contributed by atoms with Crippen LogP contribution in [0.5, 0.6) is 0 Å². The molecular formula is C16H19BrN2OS. The van der Waals surface area contributed by atoms with Crippen LogP contribution in [0.1, 0.15) is 16.9 Å². The smallest absolute Gasteiger partial charge is 0.223 e. The second kappa shape index (κ2) is 8.32. The molecule has 1 N–H and O–H groups in total. The largest absolute Gasteiger partial charge is 0.341 e. The van der Waals surface area contributed by atoms with Crippen LogP contribution in [0, 0.1) is 0 Å². The van der Waals surface area contributed by atoms with Crippen LogP contribution in [0.15, 0.2) is 46.3 Å². The molecule has 2 aromatic rings. The minimum atomic E-state index is 0.157. The molecule has 1 aromatic carbocycles. The van der Waals surface area contributed by atoms with Gasteiger partial charge < -0.3 is 10.2 Å². The SMILES string of the molecule is CN(Cc1ccccc1Br)C(=O)CCNCc1cccs1. The third kappa shape index (κ3) is 5.26. The first-order valence-electron chi connectivity index (χ1n) is 6.87. The van der Waals surface area contributed by atoms with Gasteiger partial charge in [0.2, 0.25) is 5.91 Å². The zero-order valence-electron chi connectivity index (χ0n) is 12.0. The summed E-state index contributed by atoms with van der Waals surface area (Å²) in [5, 5.41) is 5.37. The summed E-state index contributed by atoms with van der Waals surface area (Å²) in [6, 6.07) is 12.1. The highest BCUT2D eigenvalue weighted by Gasteiger charge is 2.10. The summed E-state index contributed by atoms with van der Waals surface area (Å²) in [5.74, 6) is 0.157. The van der Waals surface area contributed by atoms with E-state index in [4.69, 9.17) is 0 Å². The molecule has 1 heterocycles. The van der Waals surface area contributed by atoms with Crippen molar-refractivity contribution in [2.24, 2.45) is 0 Å². The highest BCUT2D eigenvalue weighted by molar-refractivity contribution is 9.10. The van der Waals surface area contributed by atoms with Gasteiger partial charge in [-0.3, -0.25) is 4.79 Å². The van der Waals surface area contributed by atoms with Crippen molar-refractivity contribution in [1.29, 1.82) is 0 Å². The van der Waals surface area contributed by atoms with Gasteiger partial charge in [-0.1, -0.05) is 40.2 Å². The van der Waals surface area contributed by atoms with Gasteiger partial charge in [0.05, 0.1) is 0 Å². The zero-order valence-corrected chi connectivity index (χ0v) is 14.4. The summed E-state index contributed by atoms with van der Waals surface area (Å²) in [6.07, 6.45) is 0.520. The molecule has 1 amide bonds. The van der Waals surface area contributed by atoms with Crippen LogP contribution in [0.25, 0.3) is 0 Å². The Labute approximate surface area is 138 Å². The Balaban J connectivity index is 1.71. The molecule has 0 atom stereocenters. The van der Waals surface area contributed by atoms with E-state index in [1.165, 1.54) is 4.88 Å². The molecule has 0 saturated carbocycles. The molecule has 1 aromatic heterocycles. The quantitative estimate of drug-likeness (QED) is 0.758. The molecule has 112 valence electrons. The topological polar surface area (TPSA) is 32.3 Å². The molecule has 3 nitrogen and oxygen atoms in total. The molecule has 0 aliphatic carbocycles. The number of rotatable bonds is 7. The highest BCUT2D eigenvalue weighted by atomic mass is 79.9. The third-order valence-corrected chi connectivity index (χ3v) is 4.84. The van der Waals surface area contributed by atoms with E-state index < -0.39 is 0 Å². The van der Waals surface area contributed by atoms with Gasteiger partial charge in [-0.05, 0) is 23.1 Å². The number of carbonyl (C=O) groups excluding carboxylic acids is 1. The predicted molar refractivity (Wildman–Crippen MR) is 91.3 cm³/mol. The molecule has 0 saturated heterocycles. The van der Waals surface area contributed by atoms with Gasteiger partial charge in [0, 0.05) is 42.5 Å². The highest BCUT2D eigenvalue weighted by Crippen LogP contribution is 2.17. The zero-order chi connectivity index (χ0) is 15.1. The number of benzene rings is 1. The molecule has 5 heteroatoms. The number of carbonyl (C=O) groups is 1. The van der Waals surface area contributed by atoms with E-state index in [9.17, 15) is 4.79 Å². The van der Waals surface area contributed by atoms with E-state index in [0.29, 0.717) is 19.5 Å². The Morgan fingerprint density at radius 2 is 2.10 bits per heavy atom. The van der Waals surface area contributed by atoms with Crippen LogP contribution >= 0.6 is 27.3 Å². The standard InChI is InChI=1S/C16H19BrN2OS/c1-19(12-13-5-2-3-7-15(13)17)16(20)8-9-18-11-14-6-4-10-21-14/h2-7,10,18H,8-9,11-12H2,1H3. The van der Waals surface area contributed by atoms with Crippen molar-refractivity contribution in [2.75, 3.05) is 13.6 Å². The van der Waals surface area contributed by atoms with E-state index in [2.05, 4.69) is 32.7 Å². The Bertz CT molecular complexity index is 571. The fourth-order valence-electron chi connectivity index (χ4n) is 1.98. The number of thiophene rings is 1. The first kappa shape index (κ1) is 16.2. The fourth-order valence-corrected chi connectivity index (χ4v) is 3.07. The van der Waals surface area contributed by atoms with Crippen molar-refractivity contribution in [3.63, 3.8) is 0 Å². The van der Waals surface area contributed by atoms with Crippen molar-refractivity contribution in [2.45, 2.75) is 19.5 Å². The van der Waals surface area contributed by atoms with E-state index in [-0.39, 0.29) is 5.91 Å². The second-order valence-corrected chi connectivity index (χ2v) is 6.73. The minimum absolute atomic E-state index is 0.157. The van der Waals surface area contributed by atoms with Crippen LogP contribution < -0.4 is 5.32 Å². The minimum Gasteiger partial charge on any atom is -0.341 e. The first-order chi connectivity index (χ1) is 10.2. The van der Waals surface area contributed by atoms with Gasteiger partial charge in [0.25, 0.3) is 0 Å². The van der Waals surface area contributed by atoms with Crippen LogP contribution in [-0.4, -0.2) is 24.4 Å². The van der Waals surface area contributed by atoms with Crippen LogP contribution in [0.3, 0.4) is 0 Å². The van der Waals surface area contributed by atoms with Crippen molar-refractivity contribution in [3.8, 4) is 0 Å². The fraction of sp³-hybridized carbons (Fsp3) is 0.312.